The molecule has 88 valence electrons. The number of hydrogen-bond donors (Lipinski definition) is 1. The molecule has 0 aliphatic carbocycles. The van der Waals surface area contributed by atoms with Crippen molar-refractivity contribution in [3.05, 3.63) is 29.3 Å². The second kappa shape index (κ2) is 4.46. The molecule has 0 amide bonds. The molecule has 1 N–H and O–H groups in total. The Balaban J connectivity index is 2.20. The van der Waals surface area contributed by atoms with Crippen molar-refractivity contribution in [2.75, 3.05) is 0 Å². The SMILES string of the molecule is Cc1ccc2c(c1)O[C@H](C[C@H](C)O)C[C@@H]2C. The van der Waals surface area contributed by atoms with E-state index in [1.807, 2.05) is 6.92 Å². The van der Waals surface area contributed by atoms with Crippen molar-refractivity contribution in [2.45, 2.75) is 51.7 Å². The molecule has 1 aromatic carbocycles. The van der Waals surface area contributed by atoms with Crippen LogP contribution in [0.3, 0.4) is 0 Å². The molecule has 1 aromatic rings. The van der Waals surface area contributed by atoms with Gasteiger partial charge in [0.25, 0.3) is 0 Å². The maximum atomic E-state index is 9.41. The highest BCUT2D eigenvalue weighted by atomic mass is 16.5. The monoisotopic (exact) mass is 220 g/mol. The van der Waals surface area contributed by atoms with Gasteiger partial charge in [0.05, 0.1) is 6.10 Å². The summed E-state index contributed by atoms with van der Waals surface area (Å²) in [5.41, 5.74) is 2.52. The van der Waals surface area contributed by atoms with Crippen LogP contribution in [0.25, 0.3) is 0 Å². The molecule has 2 nitrogen and oxygen atoms in total. The van der Waals surface area contributed by atoms with E-state index in [1.54, 1.807) is 0 Å². The molecule has 1 aliphatic rings. The van der Waals surface area contributed by atoms with E-state index in [0.717, 1.165) is 18.6 Å². The van der Waals surface area contributed by atoms with Crippen LogP contribution in [0.5, 0.6) is 5.75 Å². The maximum Gasteiger partial charge on any atom is 0.123 e. The minimum atomic E-state index is -0.288. The van der Waals surface area contributed by atoms with Crippen molar-refractivity contribution in [2.24, 2.45) is 0 Å². The molecule has 0 spiro atoms. The molecule has 2 heteroatoms. The van der Waals surface area contributed by atoms with Gasteiger partial charge in [-0.2, -0.15) is 0 Å². The topological polar surface area (TPSA) is 29.5 Å². The van der Waals surface area contributed by atoms with E-state index in [1.165, 1.54) is 11.1 Å². The first-order valence-electron chi connectivity index (χ1n) is 6.01. The molecule has 0 radical (unpaired) electrons. The van der Waals surface area contributed by atoms with E-state index in [2.05, 4.69) is 32.0 Å². The average Bonchev–Trinajstić information content (AvgIpc) is 2.15. The Morgan fingerprint density at radius 1 is 1.50 bits per heavy atom. The van der Waals surface area contributed by atoms with Gasteiger partial charge in [0.1, 0.15) is 11.9 Å². The summed E-state index contributed by atoms with van der Waals surface area (Å²) in [5, 5.41) is 9.41. The van der Waals surface area contributed by atoms with Gasteiger partial charge in [-0.15, -0.1) is 0 Å². The Kier molecular flexibility index (Phi) is 3.20. The van der Waals surface area contributed by atoms with E-state index < -0.39 is 0 Å². The first-order chi connectivity index (χ1) is 7.56. The smallest absolute Gasteiger partial charge is 0.123 e. The third-order valence-corrected chi connectivity index (χ3v) is 3.21. The van der Waals surface area contributed by atoms with Gasteiger partial charge in [0.15, 0.2) is 0 Å². The lowest BCUT2D eigenvalue weighted by Crippen LogP contribution is -2.28. The first kappa shape index (κ1) is 11.5. The first-order valence-corrected chi connectivity index (χ1v) is 6.01. The van der Waals surface area contributed by atoms with Gasteiger partial charge in [-0.3, -0.25) is 0 Å². The zero-order chi connectivity index (χ0) is 11.7. The summed E-state index contributed by atoms with van der Waals surface area (Å²) in [6, 6.07) is 6.39. The second-order valence-corrected chi connectivity index (χ2v) is 5.00. The van der Waals surface area contributed by atoms with E-state index in [0.29, 0.717) is 5.92 Å². The Hall–Kier alpha value is -1.02. The number of aryl methyl sites for hydroxylation is 1. The van der Waals surface area contributed by atoms with Crippen LogP contribution in [-0.2, 0) is 0 Å². The van der Waals surface area contributed by atoms with Crippen LogP contribution in [0, 0.1) is 6.92 Å². The van der Waals surface area contributed by atoms with Crippen LogP contribution in [0.15, 0.2) is 18.2 Å². The van der Waals surface area contributed by atoms with Crippen molar-refractivity contribution in [1.82, 2.24) is 0 Å². The van der Waals surface area contributed by atoms with Crippen LogP contribution >= 0.6 is 0 Å². The lowest BCUT2D eigenvalue weighted by Gasteiger charge is -2.31. The third kappa shape index (κ3) is 2.38. The Morgan fingerprint density at radius 3 is 2.94 bits per heavy atom. The summed E-state index contributed by atoms with van der Waals surface area (Å²) in [7, 11) is 0. The highest BCUT2D eigenvalue weighted by Gasteiger charge is 2.26. The summed E-state index contributed by atoms with van der Waals surface area (Å²) in [6.45, 7) is 6.12. The Bertz CT molecular complexity index is 371. The van der Waals surface area contributed by atoms with Gasteiger partial charge in [-0.25, -0.2) is 0 Å². The van der Waals surface area contributed by atoms with Crippen LogP contribution in [0.4, 0.5) is 0 Å². The predicted octanol–water partition coefficient (Wildman–Crippen LogP) is 3.02. The lowest BCUT2D eigenvalue weighted by molar-refractivity contribution is 0.0867. The normalized spacial score (nSPS) is 25.8. The molecule has 2 rings (SSSR count). The zero-order valence-electron chi connectivity index (χ0n) is 10.2. The highest BCUT2D eigenvalue weighted by Crippen LogP contribution is 2.37. The molecule has 0 aromatic heterocycles. The van der Waals surface area contributed by atoms with E-state index in [9.17, 15) is 5.11 Å². The average molecular weight is 220 g/mol. The van der Waals surface area contributed by atoms with Gasteiger partial charge in [0, 0.05) is 6.42 Å². The molecule has 0 unspecified atom stereocenters. The van der Waals surface area contributed by atoms with Gasteiger partial charge >= 0.3 is 0 Å². The summed E-state index contributed by atoms with van der Waals surface area (Å²) in [6.07, 6.45) is 1.59. The number of fused-ring (bicyclic) bond motifs is 1. The minimum Gasteiger partial charge on any atom is -0.490 e. The predicted molar refractivity (Wildman–Crippen MR) is 64.9 cm³/mol. The molecule has 16 heavy (non-hydrogen) atoms. The minimum absolute atomic E-state index is 0.157. The molecule has 1 heterocycles. The summed E-state index contributed by atoms with van der Waals surface area (Å²) < 4.78 is 5.93. The van der Waals surface area contributed by atoms with Gasteiger partial charge in [-0.1, -0.05) is 19.1 Å². The maximum absolute atomic E-state index is 9.41. The molecule has 1 aliphatic heterocycles. The molecular weight excluding hydrogens is 200 g/mol. The van der Waals surface area contributed by atoms with Gasteiger partial charge in [0.2, 0.25) is 0 Å². The second-order valence-electron chi connectivity index (χ2n) is 5.00. The van der Waals surface area contributed by atoms with Crippen LogP contribution in [0.1, 0.15) is 43.7 Å². The summed E-state index contributed by atoms with van der Waals surface area (Å²) in [4.78, 5) is 0. The molecular formula is C14H20O2. The van der Waals surface area contributed by atoms with Gasteiger partial charge in [-0.05, 0) is 43.4 Å². The third-order valence-electron chi connectivity index (χ3n) is 3.21. The van der Waals surface area contributed by atoms with E-state index in [4.69, 9.17) is 4.74 Å². The number of benzene rings is 1. The number of aliphatic hydroxyl groups is 1. The fraction of sp³-hybridized carbons (Fsp3) is 0.571. The summed E-state index contributed by atoms with van der Waals surface area (Å²) >= 11 is 0. The van der Waals surface area contributed by atoms with Crippen molar-refractivity contribution >= 4 is 0 Å². The Labute approximate surface area is 97.3 Å². The van der Waals surface area contributed by atoms with Crippen molar-refractivity contribution in [3.63, 3.8) is 0 Å². The van der Waals surface area contributed by atoms with Crippen LogP contribution in [-0.4, -0.2) is 17.3 Å². The van der Waals surface area contributed by atoms with Crippen LogP contribution < -0.4 is 4.74 Å². The standard InChI is InChI=1S/C14H20O2/c1-9-4-5-13-10(2)7-12(8-11(3)15)16-14(13)6-9/h4-6,10-12,15H,7-8H2,1-3H3/t10-,11-,12-/m0/s1. The van der Waals surface area contributed by atoms with Gasteiger partial charge < -0.3 is 9.84 Å². The van der Waals surface area contributed by atoms with Crippen molar-refractivity contribution in [3.8, 4) is 5.75 Å². The van der Waals surface area contributed by atoms with Crippen molar-refractivity contribution in [1.29, 1.82) is 0 Å². The van der Waals surface area contributed by atoms with Crippen LogP contribution in [0.2, 0.25) is 0 Å². The molecule has 0 saturated carbocycles. The lowest BCUT2D eigenvalue weighted by atomic mass is 9.89. The zero-order valence-corrected chi connectivity index (χ0v) is 10.2. The van der Waals surface area contributed by atoms with Crippen molar-refractivity contribution < 1.29 is 9.84 Å². The molecule has 3 atom stereocenters. The quantitative estimate of drug-likeness (QED) is 0.830. The molecule has 0 fully saturated rings. The number of ether oxygens (including phenoxy) is 1. The number of rotatable bonds is 2. The molecule has 0 saturated heterocycles. The number of hydrogen-bond acceptors (Lipinski definition) is 2. The fourth-order valence-corrected chi connectivity index (χ4v) is 2.42. The highest BCUT2D eigenvalue weighted by molar-refractivity contribution is 5.40. The number of aliphatic hydroxyl groups excluding tert-OH is 1. The summed E-state index contributed by atoms with van der Waals surface area (Å²) in [5.74, 6) is 1.53. The Morgan fingerprint density at radius 2 is 2.25 bits per heavy atom. The fourth-order valence-electron chi connectivity index (χ4n) is 2.42. The molecule has 0 bridgehead atoms. The largest absolute Gasteiger partial charge is 0.490 e. The van der Waals surface area contributed by atoms with E-state index in [-0.39, 0.29) is 12.2 Å². The van der Waals surface area contributed by atoms with E-state index >= 15 is 0 Å².